The Balaban J connectivity index is 3.27. The van der Waals surface area contributed by atoms with Gasteiger partial charge in [0.1, 0.15) is 6.23 Å². The topological polar surface area (TPSA) is 35.2 Å². The molecule has 3 heteroatoms. The maximum atomic E-state index is 5.58. The quantitative estimate of drug-likeness (QED) is 0.490. The fraction of sp³-hybridized carbons (Fsp3) is 1.00. The molecule has 0 radical (unpaired) electrons. The van der Waals surface area contributed by atoms with E-state index in [2.05, 4.69) is 16.2 Å². The molecule has 0 amide bonds. The lowest BCUT2D eigenvalue weighted by atomic mass is 10.3. The SMILES string of the molecule is CCC(N)OC(C)CCP. The van der Waals surface area contributed by atoms with Crippen LogP contribution in [0.15, 0.2) is 0 Å². The summed E-state index contributed by atoms with van der Waals surface area (Å²) in [5.74, 6) is 0. The molecule has 62 valence electrons. The second-order valence-electron chi connectivity index (χ2n) is 2.47. The van der Waals surface area contributed by atoms with Gasteiger partial charge in [-0.2, -0.15) is 0 Å². The van der Waals surface area contributed by atoms with Gasteiger partial charge in [-0.25, -0.2) is 0 Å². The normalized spacial score (nSPS) is 16.8. The Morgan fingerprint density at radius 1 is 1.60 bits per heavy atom. The van der Waals surface area contributed by atoms with Crippen LogP contribution in [0.2, 0.25) is 0 Å². The number of nitrogens with two attached hydrogens (primary N) is 1. The third-order valence-corrected chi connectivity index (χ3v) is 1.72. The first-order chi connectivity index (χ1) is 4.70. The van der Waals surface area contributed by atoms with Gasteiger partial charge in [0.25, 0.3) is 0 Å². The molecule has 0 rings (SSSR count). The summed E-state index contributed by atoms with van der Waals surface area (Å²) in [6.07, 6.45) is 3.26. The van der Waals surface area contributed by atoms with E-state index in [9.17, 15) is 0 Å². The molecule has 2 nitrogen and oxygen atoms in total. The Morgan fingerprint density at radius 3 is 2.60 bits per heavy atom. The van der Waals surface area contributed by atoms with E-state index in [1.165, 1.54) is 0 Å². The van der Waals surface area contributed by atoms with Crippen molar-refractivity contribution in [3.8, 4) is 0 Å². The van der Waals surface area contributed by atoms with Gasteiger partial charge in [-0.3, -0.25) is 0 Å². The molecular formula is C7H18NOP. The zero-order valence-corrected chi connectivity index (χ0v) is 7.99. The summed E-state index contributed by atoms with van der Waals surface area (Å²) in [5, 5.41) is 0. The minimum Gasteiger partial charge on any atom is -0.361 e. The summed E-state index contributed by atoms with van der Waals surface area (Å²) in [4.78, 5) is 0. The minimum atomic E-state index is -0.0773. The molecule has 0 bridgehead atoms. The second-order valence-corrected chi connectivity index (χ2v) is 3.05. The number of ether oxygens (including phenoxy) is 1. The van der Waals surface area contributed by atoms with Gasteiger partial charge in [0.2, 0.25) is 0 Å². The van der Waals surface area contributed by atoms with E-state index in [0.29, 0.717) is 6.10 Å². The van der Waals surface area contributed by atoms with Crippen molar-refractivity contribution in [1.29, 1.82) is 0 Å². The molecule has 0 aliphatic rings. The molecule has 0 heterocycles. The van der Waals surface area contributed by atoms with E-state index in [-0.39, 0.29) is 6.23 Å². The fourth-order valence-corrected chi connectivity index (χ4v) is 1.17. The van der Waals surface area contributed by atoms with Crippen molar-refractivity contribution < 1.29 is 4.74 Å². The molecule has 2 N–H and O–H groups in total. The smallest absolute Gasteiger partial charge is 0.105 e. The second kappa shape index (κ2) is 6.09. The predicted molar refractivity (Wildman–Crippen MR) is 48.0 cm³/mol. The van der Waals surface area contributed by atoms with Crippen LogP contribution in [0.4, 0.5) is 0 Å². The van der Waals surface area contributed by atoms with Crippen LogP contribution in [0.1, 0.15) is 26.7 Å². The summed E-state index contributed by atoms with van der Waals surface area (Å²) >= 11 is 0. The molecule has 0 spiro atoms. The van der Waals surface area contributed by atoms with Gasteiger partial charge >= 0.3 is 0 Å². The monoisotopic (exact) mass is 163 g/mol. The maximum absolute atomic E-state index is 5.58. The highest BCUT2D eigenvalue weighted by Crippen LogP contribution is 2.03. The van der Waals surface area contributed by atoms with Crippen LogP contribution in [0.25, 0.3) is 0 Å². The lowest BCUT2D eigenvalue weighted by molar-refractivity contribution is -0.00117. The Kier molecular flexibility index (Phi) is 6.30. The van der Waals surface area contributed by atoms with Crippen molar-refractivity contribution in [3.05, 3.63) is 0 Å². The summed E-state index contributed by atoms with van der Waals surface area (Å²) < 4.78 is 5.40. The number of hydrogen-bond acceptors (Lipinski definition) is 2. The maximum Gasteiger partial charge on any atom is 0.105 e. The van der Waals surface area contributed by atoms with Crippen molar-refractivity contribution in [3.63, 3.8) is 0 Å². The van der Waals surface area contributed by atoms with Gasteiger partial charge in [-0.1, -0.05) is 6.92 Å². The van der Waals surface area contributed by atoms with Crippen LogP contribution in [0, 0.1) is 0 Å². The van der Waals surface area contributed by atoms with Crippen molar-refractivity contribution in [2.45, 2.75) is 39.0 Å². The van der Waals surface area contributed by atoms with Gasteiger partial charge in [0.05, 0.1) is 6.10 Å². The average molecular weight is 163 g/mol. The Hall–Kier alpha value is 0.350. The van der Waals surface area contributed by atoms with E-state index < -0.39 is 0 Å². The summed E-state index contributed by atoms with van der Waals surface area (Å²) in [6, 6.07) is 0. The lowest BCUT2D eigenvalue weighted by Crippen LogP contribution is -2.27. The molecule has 3 atom stereocenters. The fourth-order valence-electron chi connectivity index (χ4n) is 0.697. The number of rotatable bonds is 5. The van der Waals surface area contributed by atoms with Gasteiger partial charge in [0.15, 0.2) is 0 Å². The van der Waals surface area contributed by atoms with Crippen molar-refractivity contribution in [2.24, 2.45) is 5.73 Å². The summed E-state index contributed by atoms with van der Waals surface area (Å²) in [7, 11) is 2.68. The van der Waals surface area contributed by atoms with Gasteiger partial charge in [0, 0.05) is 0 Å². The van der Waals surface area contributed by atoms with Crippen LogP contribution >= 0.6 is 9.24 Å². The van der Waals surface area contributed by atoms with Crippen LogP contribution in [0.5, 0.6) is 0 Å². The van der Waals surface area contributed by atoms with E-state index in [1.807, 2.05) is 6.92 Å². The molecular weight excluding hydrogens is 145 g/mol. The predicted octanol–water partition coefficient (Wildman–Crippen LogP) is 1.35. The van der Waals surface area contributed by atoms with Gasteiger partial charge < -0.3 is 10.5 Å². The minimum absolute atomic E-state index is 0.0773. The van der Waals surface area contributed by atoms with Crippen molar-refractivity contribution in [1.82, 2.24) is 0 Å². The first kappa shape index (κ1) is 10.3. The number of hydrogen-bond donors (Lipinski definition) is 1. The third-order valence-electron chi connectivity index (χ3n) is 1.38. The molecule has 3 unspecified atom stereocenters. The summed E-state index contributed by atoms with van der Waals surface area (Å²) in [6.45, 7) is 4.08. The molecule has 0 fully saturated rings. The first-order valence-electron chi connectivity index (χ1n) is 3.81. The average Bonchev–Trinajstić information content (AvgIpc) is 1.88. The Labute approximate surface area is 65.7 Å². The molecule has 0 aromatic heterocycles. The highest BCUT2D eigenvalue weighted by Gasteiger charge is 2.04. The first-order valence-corrected chi connectivity index (χ1v) is 4.63. The van der Waals surface area contributed by atoms with Crippen molar-refractivity contribution >= 4 is 9.24 Å². The molecule has 0 aliphatic heterocycles. The summed E-state index contributed by atoms with van der Waals surface area (Å²) in [5.41, 5.74) is 5.58. The van der Waals surface area contributed by atoms with Crippen LogP contribution < -0.4 is 5.73 Å². The van der Waals surface area contributed by atoms with E-state index in [1.54, 1.807) is 0 Å². The molecule has 0 saturated heterocycles. The largest absolute Gasteiger partial charge is 0.361 e. The highest BCUT2D eigenvalue weighted by atomic mass is 31.0. The standard InChI is InChI=1S/C7H18NOP/c1-3-7(8)9-6(2)4-5-10/h6-7H,3-5,8,10H2,1-2H3. The molecule has 0 aliphatic carbocycles. The lowest BCUT2D eigenvalue weighted by Gasteiger charge is -2.16. The highest BCUT2D eigenvalue weighted by molar-refractivity contribution is 7.16. The zero-order chi connectivity index (χ0) is 7.98. The van der Waals surface area contributed by atoms with Crippen LogP contribution in [0.3, 0.4) is 0 Å². The Morgan fingerprint density at radius 2 is 2.20 bits per heavy atom. The zero-order valence-electron chi connectivity index (χ0n) is 6.84. The van der Waals surface area contributed by atoms with Crippen LogP contribution in [-0.4, -0.2) is 18.5 Å². The van der Waals surface area contributed by atoms with E-state index in [0.717, 1.165) is 19.0 Å². The van der Waals surface area contributed by atoms with Crippen molar-refractivity contribution in [2.75, 3.05) is 6.16 Å². The molecule has 0 saturated carbocycles. The van der Waals surface area contributed by atoms with E-state index in [4.69, 9.17) is 10.5 Å². The van der Waals surface area contributed by atoms with Gasteiger partial charge in [-0.15, -0.1) is 9.24 Å². The molecule has 10 heavy (non-hydrogen) atoms. The molecule has 0 aromatic rings. The van der Waals surface area contributed by atoms with Gasteiger partial charge in [-0.05, 0) is 25.9 Å². The third kappa shape index (κ3) is 5.16. The Bertz CT molecular complexity index is 80.0. The van der Waals surface area contributed by atoms with E-state index >= 15 is 0 Å². The van der Waals surface area contributed by atoms with Crippen LogP contribution in [-0.2, 0) is 4.74 Å². The molecule has 0 aromatic carbocycles.